The summed E-state index contributed by atoms with van der Waals surface area (Å²) >= 11 is 1.06. The molecule has 2 heterocycles. The summed E-state index contributed by atoms with van der Waals surface area (Å²) in [5, 5.41) is 2.99. The van der Waals surface area contributed by atoms with E-state index in [1.165, 1.54) is 18.2 Å². The van der Waals surface area contributed by atoms with Crippen LogP contribution in [0.15, 0.2) is 46.9 Å². The van der Waals surface area contributed by atoms with Gasteiger partial charge in [-0.25, -0.2) is 4.39 Å². The van der Waals surface area contributed by atoms with E-state index in [0.717, 1.165) is 17.3 Å². The highest BCUT2D eigenvalue weighted by atomic mass is 32.1. The smallest absolute Gasteiger partial charge is 0.250 e. The summed E-state index contributed by atoms with van der Waals surface area (Å²) in [4.78, 5) is 16.0. The molecule has 0 atom stereocenters. The third kappa shape index (κ3) is 3.89. The van der Waals surface area contributed by atoms with Gasteiger partial charge in [0.05, 0.1) is 0 Å². The summed E-state index contributed by atoms with van der Waals surface area (Å²) in [5.41, 5.74) is 0.685. The number of halogens is 1. The van der Waals surface area contributed by atoms with E-state index in [2.05, 4.69) is 14.7 Å². The number of hydrogen-bond donors (Lipinski definition) is 1. The van der Waals surface area contributed by atoms with Gasteiger partial charge >= 0.3 is 0 Å². The van der Waals surface area contributed by atoms with Crippen LogP contribution in [0.4, 0.5) is 9.52 Å². The van der Waals surface area contributed by atoms with Gasteiger partial charge in [-0.3, -0.25) is 10.1 Å². The number of nitrogens with one attached hydrogen (secondary N) is 1. The van der Waals surface area contributed by atoms with E-state index in [1.54, 1.807) is 24.3 Å². The SMILES string of the molecule is Cc1ccc(C=CC(=O)Nc2nc(-c3ccc(F)cc3)ns2)o1. The first-order valence-corrected chi connectivity index (χ1v) is 7.53. The van der Waals surface area contributed by atoms with Crippen LogP contribution in [0.2, 0.25) is 0 Å². The lowest BCUT2D eigenvalue weighted by molar-refractivity contribution is -0.111. The molecule has 0 aliphatic carbocycles. The maximum absolute atomic E-state index is 12.9. The predicted molar refractivity (Wildman–Crippen MR) is 86.4 cm³/mol. The topological polar surface area (TPSA) is 68.0 Å². The minimum absolute atomic E-state index is 0.323. The zero-order chi connectivity index (χ0) is 16.2. The van der Waals surface area contributed by atoms with E-state index < -0.39 is 0 Å². The molecule has 3 rings (SSSR count). The van der Waals surface area contributed by atoms with Gasteiger partial charge in [-0.2, -0.15) is 9.36 Å². The van der Waals surface area contributed by atoms with E-state index in [4.69, 9.17) is 4.42 Å². The van der Waals surface area contributed by atoms with Gasteiger partial charge in [0.1, 0.15) is 17.3 Å². The minimum Gasteiger partial charge on any atom is -0.462 e. The van der Waals surface area contributed by atoms with Gasteiger partial charge in [-0.05, 0) is 49.4 Å². The molecule has 0 unspecified atom stereocenters. The number of rotatable bonds is 4. The molecular weight excluding hydrogens is 317 g/mol. The van der Waals surface area contributed by atoms with Gasteiger partial charge in [-0.1, -0.05) is 0 Å². The molecule has 23 heavy (non-hydrogen) atoms. The molecule has 1 amide bonds. The lowest BCUT2D eigenvalue weighted by Gasteiger charge is -1.95. The molecule has 2 aromatic heterocycles. The molecule has 0 radical (unpaired) electrons. The van der Waals surface area contributed by atoms with Crippen molar-refractivity contribution in [1.82, 2.24) is 9.36 Å². The number of anilines is 1. The molecule has 3 aromatic rings. The Hall–Kier alpha value is -2.80. The molecule has 5 nitrogen and oxygen atoms in total. The van der Waals surface area contributed by atoms with Crippen molar-refractivity contribution in [1.29, 1.82) is 0 Å². The van der Waals surface area contributed by atoms with Gasteiger partial charge in [-0.15, -0.1) is 0 Å². The summed E-state index contributed by atoms with van der Waals surface area (Å²) in [6, 6.07) is 9.43. The van der Waals surface area contributed by atoms with Crippen LogP contribution >= 0.6 is 11.5 Å². The number of amides is 1. The van der Waals surface area contributed by atoms with Gasteiger partial charge in [0, 0.05) is 23.2 Å². The van der Waals surface area contributed by atoms with Crippen molar-refractivity contribution in [2.75, 3.05) is 5.32 Å². The summed E-state index contributed by atoms with van der Waals surface area (Å²) in [6.07, 6.45) is 2.93. The standard InChI is InChI=1S/C16H12FN3O2S/c1-10-2-7-13(22-10)8-9-14(21)18-16-19-15(20-23-16)11-3-5-12(17)6-4-11/h2-9H,1H3,(H,18,19,20,21). The van der Waals surface area contributed by atoms with Gasteiger partial charge in [0.15, 0.2) is 5.82 Å². The predicted octanol–water partition coefficient (Wildman–Crippen LogP) is 3.90. The van der Waals surface area contributed by atoms with Crippen LogP contribution in [-0.4, -0.2) is 15.3 Å². The second-order valence-corrected chi connectivity index (χ2v) is 5.45. The molecular formula is C16H12FN3O2S. The number of carbonyl (C=O) groups excluding carboxylic acids is 1. The maximum Gasteiger partial charge on any atom is 0.250 e. The van der Waals surface area contributed by atoms with E-state index >= 15 is 0 Å². The van der Waals surface area contributed by atoms with Crippen molar-refractivity contribution in [3.63, 3.8) is 0 Å². The Morgan fingerprint density at radius 1 is 1.26 bits per heavy atom. The lowest BCUT2D eigenvalue weighted by Crippen LogP contribution is -2.07. The fraction of sp³-hybridized carbons (Fsp3) is 0.0625. The van der Waals surface area contributed by atoms with Crippen LogP contribution in [0.5, 0.6) is 0 Å². The molecule has 0 saturated heterocycles. The van der Waals surface area contributed by atoms with E-state index in [-0.39, 0.29) is 11.7 Å². The van der Waals surface area contributed by atoms with Crippen LogP contribution < -0.4 is 5.32 Å². The lowest BCUT2D eigenvalue weighted by atomic mass is 10.2. The zero-order valence-corrected chi connectivity index (χ0v) is 12.9. The van der Waals surface area contributed by atoms with Crippen molar-refractivity contribution in [2.45, 2.75) is 6.92 Å². The number of carbonyl (C=O) groups is 1. The highest BCUT2D eigenvalue weighted by Crippen LogP contribution is 2.21. The molecule has 116 valence electrons. The fourth-order valence-electron chi connectivity index (χ4n) is 1.84. The quantitative estimate of drug-likeness (QED) is 0.737. The Labute approximate surface area is 135 Å². The molecule has 0 spiro atoms. The minimum atomic E-state index is -0.333. The second-order valence-electron chi connectivity index (χ2n) is 4.70. The van der Waals surface area contributed by atoms with Crippen LogP contribution in [0.25, 0.3) is 17.5 Å². The Kier molecular flexibility index (Phi) is 4.29. The number of furan rings is 1. The molecule has 0 saturated carbocycles. The first-order chi connectivity index (χ1) is 11.1. The van der Waals surface area contributed by atoms with Crippen LogP contribution in [0.1, 0.15) is 11.5 Å². The van der Waals surface area contributed by atoms with Crippen LogP contribution in [0.3, 0.4) is 0 Å². The third-order valence-electron chi connectivity index (χ3n) is 2.92. The van der Waals surface area contributed by atoms with E-state index in [0.29, 0.717) is 22.3 Å². The van der Waals surface area contributed by atoms with Gasteiger partial charge in [0.2, 0.25) is 11.0 Å². The van der Waals surface area contributed by atoms with Crippen molar-refractivity contribution >= 4 is 28.6 Å². The van der Waals surface area contributed by atoms with Crippen molar-refractivity contribution in [2.24, 2.45) is 0 Å². The second kappa shape index (κ2) is 6.53. The van der Waals surface area contributed by atoms with Crippen molar-refractivity contribution in [3.05, 3.63) is 59.8 Å². The largest absolute Gasteiger partial charge is 0.462 e. The highest BCUT2D eigenvalue weighted by Gasteiger charge is 2.08. The zero-order valence-electron chi connectivity index (χ0n) is 12.1. The van der Waals surface area contributed by atoms with Gasteiger partial charge in [0.25, 0.3) is 0 Å². The Bertz CT molecular complexity index is 852. The van der Waals surface area contributed by atoms with E-state index in [9.17, 15) is 9.18 Å². The number of nitrogens with zero attached hydrogens (tertiary/aromatic N) is 2. The van der Waals surface area contributed by atoms with E-state index in [1.807, 2.05) is 13.0 Å². The average Bonchev–Trinajstić information content (AvgIpc) is 3.15. The Morgan fingerprint density at radius 2 is 2.04 bits per heavy atom. The molecule has 0 fully saturated rings. The van der Waals surface area contributed by atoms with Crippen LogP contribution in [0, 0.1) is 12.7 Å². The fourth-order valence-corrected chi connectivity index (χ4v) is 2.43. The first kappa shape index (κ1) is 15.1. The number of benzene rings is 1. The van der Waals surface area contributed by atoms with Gasteiger partial charge < -0.3 is 4.42 Å². The molecule has 1 N–H and O–H groups in total. The summed E-state index contributed by atoms with van der Waals surface area (Å²) in [6.45, 7) is 1.83. The molecule has 0 bridgehead atoms. The first-order valence-electron chi connectivity index (χ1n) is 6.75. The summed E-state index contributed by atoms with van der Waals surface area (Å²) in [7, 11) is 0. The summed E-state index contributed by atoms with van der Waals surface area (Å²) < 4.78 is 22.4. The Morgan fingerprint density at radius 3 is 2.74 bits per heavy atom. The number of aromatic nitrogens is 2. The normalized spacial score (nSPS) is 11.0. The molecule has 0 aliphatic heterocycles. The van der Waals surface area contributed by atoms with Crippen molar-refractivity contribution < 1.29 is 13.6 Å². The van der Waals surface area contributed by atoms with Crippen molar-refractivity contribution in [3.8, 4) is 11.4 Å². The van der Waals surface area contributed by atoms with Crippen LogP contribution in [-0.2, 0) is 4.79 Å². The average molecular weight is 329 g/mol. The maximum atomic E-state index is 12.9. The monoisotopic (exact) mass is 329 g/mol. The summed E-state index contributed by atoms with van der Waals surface area (Å²) in [5.74, 6) is 1.16. The molecule has 0 aliphatic rings. The Balaban J connectivity index is 1.65. The molecule has 1 aromatic carbocycles. The molecule has 7 heteroatoms. The number of aryl methyl sites for hydroxylation is 1. The highest BCUT2D eigenvalue weighted by molar-refractivity contribution is 7.10. The third-order valence-corrected chi connectivity index (χ3v) is 3.55. The number of hydrogen-bond acceptors (Lipinski definition) is 5.